The Kier molecular flexibility index (Phi) is 4.07. The average molecular weight is 315 g/mol. The van der Waals surface area contributed by atoms with Crippen LogP contribution in [0, 0.1) is 0 Å². The van der Waals surface area contributed by atoms with Gasteiger partial charge in [0.05, 0.1) is 10.7 Å². The molecule has 0 amide bonds. The van der Waals surface area contributed by atoms with E-state index in [0.717, 1.165) is 29.1 Å². The van der Waals surface area contributed by atoms with Gasteiger partial charge in [-0.15, -0.1) is 0 Å². The second-order valence-corrected chi connectivity index (χ2v) is 4.97. The van der Waals surface area contributed by atoms with Crippen LogP contribution < -0.4 is 5.32 Å². The maximum Gasteiger partial charge on any atom is 0.207 e. The summed E-state index contributed by atoms with van der Waals surface area (Å²) >= 11 is 9.64. The lowest BCUT2D eigenvalue weighted by Gasteiger charge is -2.11. The van der Waals surface area contributed by atoms with Gasteiger partial charge in [0.15, 0.2) is 0 Å². The lowest BCUT2D eigenvalue weighted by molar-refractivity contribution is 0.937. The first-order chi connectivity index (χ1) is 8.22. The molecule has 0 spiro atoms. The summed E-state index contributed by atoms with van der Waals surface area (Å²) in [6.45, 7) is 3.01. The Morgan fingerprint density at radius 1 is 1.47 bits per heavy atom. The SMILES string of the molecule is CCCNc1nccn1-c1cc(Br)ccc1Cl. The van der Waals surface area contributed by atoms with Crippen molar-refractivity contribution in [1.29, 1.82) is 0 Å². The van der Waals surface area contributed by atoms with E-state index < -0.39 is 0 Å². The highest BCUT2D eigenvalue weighted by Gasteiger charge is 2.08. The summed E-state index contributed by atoms with van der Waals surface area (Å²) in [5.41, 5.74) is 0.914. The number of hydrogen-bond acceptors (Lipinski definition) is 2. The molecule has 0 aliphatic rings. The summed E-state index contributed by atoms with van der Waals surface area (Å²) in [5.74, 6) is 0.812. The number of hydrogen-bond donors (Lipinski definition) is 1. The van der Waals surface area contributed by atoms with E-state index in [-0.39, 0.29) is 0 Å². The highest BCUT2D eigenvalue weighted by atomic mass is 79.9. The molecule has 0 unspecified atom stereocenters. The number of anilines is 1. The zero-order valence-corrected chi connectivity index (χ0v) is 11.8. The molecule has 90 valence electrons. The van der Waals surface area contributed by atoms with Crippen LogP contribution in [0.3, 0.4) is 0 Å². The molecule has 1 heterocycles. The molecule has 0 aliphatic heterocycles. The molecule has 17 heavy (non-hydrogen) atoms. The van der Waals surface area contributed by atoms with Crippen LogP contribution in [0.5, 0.6) is 0 Å². The number of nitrogens with zero attached hydrogens (tertiary/aromatic N) is 2. The van der Waals surface area contributed by atoms with Crippen LogP contribution in [0.1, 0.15) is 13.3 Å². The molecule has 0 radical (unpaired) electrons. The van der Waals surface area contributed by atoms with Gasteiger partial charge in [0.1, 0.15) is 0 Å². The lowest BCUT2D eigenvalue weighted by Crippen LogP contribution is -2.07. The van der Waals surface area contributed by atoms with E-state index in [0.29, 0.717) is 5.02 Å². The van der Waals surface area contributed by atoms with Crippen molar-refractivity contribution in [2.75, 3.05) is 11.9 Å². The molecule has 0 aliphatic carbocycles. The van der Waals surface area contributed by atoms with E-state index in [1.807, 2.05) is 29.0 Å². The van der Waals surface area contributed by atoms with E-state index in [1.165, 1.54) is 0 Å². The molecular weight excluding hydrogens is 302 g/mol. The largest absolute Gasteiger partial charge is 0.355 e. The molecule has 0 bridgehead atoms. The van der Waals surface area contributed by atoms with E-state index in [9.17, 15) is 0 Å². The maximum atomic E-state index is 6.20. The smallest absolute Gasteiger partial charge is 0.207 e. The van der Waals surface area contributed by atoms with Crippen LogP contribution in [0.4, 0.5) is 5.95 Å². The Hall–Kier alpha value is -1.000. The van der Waals surface area contributed by atoms with Gasteiger partial charge in [-0.05, 0) is 24.6 Å². The third-order valence-corrected chi connectivity index (χ3v) is 3.15. The van der Waals surface area contributed by atoms with Crippen molar-refractivity contribution in [3.05, 3.63) is 40.1 Å². The molecule has 0 atom stereocenters. The van der Waals surface area contributed by atoms with Crippen LogP contribution in [0.25, 0.3) is 5.69 Å². The molecule has 2 aromatic rings. The van der Waals surface area contributed by atoms with Crippen molar-refractivity contribution in [3.8, 4) is 5.69 Å². The zero-order chi connectivity index (χ0) is 12.3. The highest BCUT2D eigenvalue weighted by Crippen LogP contribution is 2.26. The van der Waals surface area contributed by atoms with Gasteiger partial charge in [0.25, 0.3) is 0 Å². The van der Waals surface area contributed by atoms with Crippen molar-refractivity contribution in [2.45, 2.75) is 13.3 Å². The fourth-order valence-electron chi connectivity index (χ4n) is 1.54. The average Bonchev–Trinajstić information content (AvgIpc) is 2.77. The number of benzene rings is 1. The maximum absolute atomic E-state index is 6.20. The minimum absolute atomic E-state index is 0.700. The summed E-state index contributed by atoms with van der Waals surface area (Å²) in [4.78, 5) is 4.28. The standard InChI is InChI=1S/C12H13BrClN3/c1-2-5-15-12-16-6-7-17(12)11-8-9(13)3-4-10(11)14/h3-4,6-8H,2,5H2,1H3,(H,15,16). The molecule has 3 nitrogen and oxygen atoms in total. The van der Waals surface area contributed by atoms with Crippen molar-refractivity contribution in [1.82, 2.24) is 9.55 Å². The van der Waals surface area contributed by atoms with Crippen LogP contribution in [-0.2, 0) is 0 Å². The van der Waals surface area contributed by atoms with Gasteiger partial charge >= 0.3 is 0 Å². The molecule has 1 aromatic carbocycles. The molecule has 0 saturated heterocycles. The first-order valence-corrected chi connectivity index (χ1v) is 6.62. The van der Waals surface area contributed by atoms with Crippen molar-refractivity contribution >= 4 is 33.5 Å². The second-order valence-electron chi connectivity index (χ2n) is 3.64. The van der Waals surface area contributed by atoms with Gasteiger partial charge in [-0.2, -0.15) is 0 Å². The summed E-state index contributed by atoms with van der Waals surface area (Å²) in [6, 6.07) is 5.76. The molecule has 0 fully saturated rings. The van der Waals surface area contributed by atoms with Crippen molar-refractivity contribution < 1.29 is 0 Å². The Morgan fingerprint density at radius 2 is 2.29 bits per heavy atom. The quantitative estimate of drug-likeness (QED) is 0.920. The topological polar surface area (TPSA) is 29.9 Å². The molecule has 1 N–H and O–H groups in total. The fourth-order valence-corrected chi connectivity index (χ4v) is 2.09. The first-order valence-electron chi connectivity index (χ1n) is 5.45. The van der Waals surface area contributed by atoms with Crippen LogP contribution in [0.15, 0.2) is 35.1 Å². The summed E-state index contributed by atoms with van der Waals surface area (Å²) < 4.78 is 2.94. The third kappa shape index (κ3) is 2.82. The fraction of sp³-hybridized carbons (Fsp3) is 0.250. The van der Waals surface area contributed by atoms with Crippen molar-refractivity contribution in [3.63, 3.8) is 0 Å². The van der Waals surface area contributed by atoms with E-state index >= 15 is 0 Å². The van der Waals surface area contributed by atoms with Gasteiger partial charge in [-0.25, -0.2) is 4.98 Å². The van der Waals surface area contributed by atoms with Crippen LogP contribution >= 0.6 is 27.5 Å². The minimum atomic E-state index is 0.700. The molecule has 0 saturated carbocycles. The Labute approximate surface area is 114 Å². The van der Waals surface area contributed by atoms with Gasteiger partial charge in [0.2, 0.25) is 5.95 Å². The Balaban J connectivity index is 2.38. The molecule has 1 aromatic heterocycles. The highest BCUT2D eigenvalue weighted by molar-refractivity contribution is 9.10. The Morgan fingerprint density at radius 3 is 3.06 bits per heavy atom. The molecular formula is C12H13BrClN3. The zero-order valence-electron chi connectivity index (χ0n) is 9.45. The first kappa shape index (κ1) is 12.5. The summed E-state index contributed by atoms with van der Waals surface area (Å²) in [5, 5.41) is 3.97. The third-order valence-electron chi connectivity index (χ3n) is 2.34. The second kappa shape index (κ2) is 5.56. The van der Waals surface area contributed by atoms with Gasteiger partial charge in [-0.1, -0.05) is 34.5 Å². The number of imidazole rings is 1. The number of rotatable bonds is 4. The van der Waals surface area contributed by atoms with Gasteiger partial charge in [-0.3, -0.25) is 4.57 Å². The monoisotopic (exact) mass is 313 g/mol. The Bertz CT molecular complexity index is 510. The van der Waals surface area contributed by atoms with E-state index in [4.69, 9.17) is 11.6 Å². The normalized spacial score (nSPS) is 10.5. The predicted octanol–water partition coefficient (Wildman–Crippen LogP) is 4.11. The van der Waals surface area contributed by atoms with Gasteiger partial charge < -0.3 is 5.32 Å². The molecule has 2 rings (SSSR count). The summed E-state index contributed by atoms with van der Waals surface area (Å²) in [6.07, 6.45) is 4.71. The van der Waals surface area contributed by atoms with E-state index in [2.05, 4.69) is 33.2 Å². The van der Waals surface area contributed by atoms with E-state index in [1.54, 1.807) is 6.20 Å². The molecule has 5 heteroatoms. The predicted molar refractivity (Wildman–Crippen MR) is 75.1 cm³/mol. The number of nitrogens with one attached hydrogen (secondary N) is 1. The number of aromatic nitrogens is 2. The minimum Gasteiger partial charge on any atom is -0.355 e. The van der Waals surface area contributed by atoms with Crippen molar-refractivity contribution in [2.24, 2.45) is 0 Å². The number of halogens is 2. The summed E-state index contributed by atoms with van der Waals surface area (Å²) in [7, 11) is 0. The lowest BCUT2D eigenvalue weighted by atomic mass is 10.3. The van der Waals surface area contributed by atoms with Crippen LogP contribution in [0.2, 0.25) is 5.02 Å². The van der Waals surface area contributed by atoms with Crippen LogP contribution in [-0.4, -0.2) is 16.1 Å². The van der Waals surface area contributed by atoms with Gasteiger partial charge in [0, 0.05) is 23.4 Å².